The van der Waals surface area contributed by atoms with E-state index in [1.165, 1.54) is 0 Å². The largest absolute Gasteiger partial charge is 0.481 e. The molecule has 0 radical (unpaired) electrons. The Bertz CT molecular complexity index is 159. The Morgan fingerprint density at radius 1 is 1.73 bits per heavy atom. The molecule has 0 saturated carbocycles. The van der Waals surface area contributed by atoms with Gasteiger partial charge in [0.2, 0.25) is 0 Å². The lowest BCUT2D eigenvalue weighted by Crippen LogP contribution is -2.31. The van der Waals surface area contributed by atoms with Crippen LogP contribution in [0.4, 0.5) is 0 Å². The van der Waals surface area contributed by atoms with Crippen molar-refractivity contribution in [2.45, 2.75) is 27.2 Å². The van der Waals surface area contributed by atoms with Crippen molar-refractivity contribution in [3.05, 3.63) is 12.7 Å². The quantitative estimate of drug-likeness (QED) is 0.634. The fourth-order valence-corrected chi connectivity index (χ4v) is 1.13. The van der Waals surface area contributed by atoms with E-state index < -0.39 is 11.4 Å². The predicted octanol–water partition coefficient (Wildman–Crippen LogP) is 2.31. The van der Waals surface area contributed by atoms with Crippen LogP contribution in [0, 0.1) is 11.3 Å². The Morgan fingerprint density at radius 3 is 2.27 bits per heavy atom. The van der Waals surface area contributed by atoms with Crippen LogP contribution in [0.5, 0.6) is 0 Å². The Morgan fingerprint density at radius 2 is 2.18 bits per heavy atom. The van der Waals surface area contributed by atoms with Crippen molar-refractivity contribution in [2.24, 2.45) is 11.3 Å². The number of carbonyl (C=O) groups is 1. The highest BCUT2D eigenvalue weighted by Gasteiger charge is 2.33. The van der Waals surface area contributed by atoms with Gasteiger partial charge < -0.3 is 5.11 Å². The topological polar surface area (TPSA) is 37.3 Å². The molecule has 11 heavy (non-hydrogen) atoms. The molecule has 2 nitrogen and oxygen atoms in total. The highest BCUT2D eigenvalue weighted by molar-refractivity contribution is 5.74. The number of hydrogen-bond acceptors (Lipinski definition) is 1. The summed E-state index contributed by atoms with van der Waals surface area (Å²) >= 11 is 0. The number of hydrogen-bond donors (Lipinski definition) is 1. The number of carboxylic acids is 1. The van der Waals surface area contributed by atoms with E-state index in [0.717, 1.165) is 6.42 Å². The third-order valence-electron chi connectivity index (χ3n) is 2.20. The summed E-state index contributed by atoms with van der Waals surface area (Å²) in [5.41, 5.74) is -0.684. The number of carboxylic acid groups (broad SMARTS) is 1. The van der Waals surface area contributed by atoms with Crippen molar-refractivity contribution < 1.29 is 9.90 Å². The summed E-state index contributed by atoms with van der Waals surface area (Å²) in [6.07, 6.45) is 2.54. The van der Waals surface area contributed by atoms with E-state index in [2.05, 4.69) is 6.58 Å². The predicted molar refractivity (Wildman–Crippen MR) is 45.4 cm³/mol. The summed E-state index contributed by atoms with van der Waals surface area (Å²) < 4.78 is 0. The Labute approximate surface area is 67.9 Å². The molecule has 1 atom stereocenters. The van der Waals surface area contributed by atoms with Crippen molar-refractivity contribution in [3.63, 3.8) is 0 Å². The van der Waals surface area contributed by atoms with Gasteiger partial charge in [-0.25, -0.2) is 0 Å². The molecule has 0 aliphatic carbocycles. The van der Waals surface area contributed by atoms with E-state index in [1.807, 2.05) is 6.92 Å². The number of aliphatic carboxylic acids is 1. The molecule has 0 amide bonds. The molecule has 2 heteroatoms. The molecule has 1 N–H and O–H groups in total. The smallest absolute Gasteiger partial charge is 0.309 e. The zero-order valence-corrected chi connectivity index (χ0v) is 7.42. The van der Waals surface area contributed by atoms with Crippen LogP contribution >= 0.6 is 0 Å². The van der Waals surface area contributed by atoms with Crippen LogP contribution < -0.4 is 0 Å². The van der Waals surface area contributed by atoms with Crippen LogP contribution in [0.2, 0.25) is 0 Å². The first-order valence-corrected chi connectivity index (χ1v) is 3.82. The number of rotatable bonds is 4. The van der Waals surface area contributed by atoms with Gasteiger partial charge in [0.15, 0.2) is 0 Å². The van der Waals surface area contributed by atoms with E-state index in [4.69, 9.17) is 5.11 Å². The zero-order chi connectivity index (χ0) is 9.07. The van der Waals surface area contributed by atoms with Gasteiger partial charge in [0, 0.05) is 0 Å². The van der Waals surface area contributed by atoms with E-state index in [1.54, 1.807) is 19.9 Å². The highest BCUT2D eigenvalue weighted by atomic mass is 16.4. The van der Waals surface area contributed by atoms with Gasteiger partial charge in [0.1, 0.15) is 0 Å². The Balaban J connectivity index is 4.49. The van der Waals surface area contributed by atoms with Gasteiger partial charge in [0.25, 0.3) is 0 Å². The molecule has 0 fully saturated rings. The monoisotopic (exact) mass is 156 g/mol. The van der Waals surface area contributed by atoms with Gasteiger partial charge in [0.05, 0.1) is 5.41 Å². The molecule has 0 aliphatic rings. The SMILES string of the molecule is C=CC(CC)C(C)(C)C(=O)O. The third kappa shape index (κ3) is 2.07. The average Bonchev–Trinajstić information content (AvgIpc) is 1.89. The molecule has 0 bridgehead atoms. The van der Waals surface area contributed by atoms with Crippen LogP contribution in [-0.4, -0.2) is 11.1 Å². The minimum Gasteiger partial charge on any atom is -0.481 e. The summed E-state index contributed by atoms with van der Waals surface area (Å²) in [6.45, 7) is 9.04. The zero-order valence-electron chi connectivity index (χ0n) is 7.42. The van der Waals surface area contributed by atoms with Gasteiger partial charge in [-0.15, -0.1) is 6.58 Å². The molecule has 0 aromatic rings. The summed E-state index contributed by atoms with van der Waals surface area (Å²) in [7, 11) is 0. The molecule has 0 spiro atoms. The summed E-state index contributed by atoms with van der Waals surface area (Å²) in [5.74, 6) is -0.704. The van der Waals surface area contributed by atoms with Gasteiger partial charge in [-0.2, -0.15) is 0 Å². The first kappa shape index (κ1) is 10.2. The Kier molecular flexibility index (Phi) is 3.30. The van der Waals surface area contributed by atoms with Crippen molar-refractivity contribution in [1.82, 2.24) is 0 Å². The van der Waals surface area contributed by atoms with Crippen molar-refractivity contribution in [1.29, 1.82) is 0 Å². The molecule has 0 rings (SSSR count). The molecular weight excluding hydrogens is 140 g/mol. The number of allylic oxidation sites excluding steroid dienone is 1. The molecule has 0 saturated heterocycles. The molecule has 0 aromatic heterocycles. The van der Waals surface area contributed by atoms with E-state index >= 15 is 0 Å². The van der Waals surface area contributed by atoms with Crippen molar-refractivity contribution in [3.8, 4) is 0 Å². The van der Waals surface area contributed by atoms with E-state index in [9.17, 15) is 4.79 Å². The van der Waals surface area contributed by atoms with Crippen molar-refractivity contribution in [2.75, 3.05) is 0 Å². The van der Waals surface area contributed by atoms with E-state index in [0.29, 0.717) is 0 Å². The maximum Gasteiger partial charge on any atom is 0.309 e. The van der Waals surface area contributed by atoms with Crippen LogP contribution in [0.1, 0.15) is 27.2 Å². The lowest BCUT2D eigenvalue weighted by atomic mass is 9.77. The van der Waals surface area contributed by atoms with Gasteiger partial charge in [-0.1, -0.05) is 13.0 Å². The molecule has 0 aromatic carbocycles. The molecule has 0 aliphatic heterocycles. The van der Waals surface area contributed by atoms with Crippen LogP contribution in [-0.2, 0) is 4.79 Å². The van der Waals surface area contributed by atoms with Crippen LogP contribution in [0.25, 0.3) is 0 Å². The Hall–Kier alpha value is -0.790. The minimum atomic E-state index is -0.760. The summed E-state index contributed by atoms with van der Waals surface area (Å²) in [6, 6.07) is 0. The summed E-state index contributed by atoms with van der Waals surface area (Å²) in [4.78, 5) is 10.7. The fourth-order valence-electron chi connectivity index (χ4n) is 1.13. The van der Waals surface area contributed by atoms with E-state index in [-0.39, 0.29) is 5.92 Å². The average molecular weight is 156 g/mol. The lowest BCUT2D eigenvalue weighted by molar-refractivity contribution is -0.149. The standard InChI is InChI=1S/C9H16O2/c1-5-7(6-2)9(3,4)8(10)11/h5,7H,1,6H2,2-4H3,(H,10,11). The minimum absolute atomic E-state index is 0.0556. The summed E-state index contributed by atoms with van der Waals surface area (Å²) in [5, 5.41) is 8.83. The molecule has 0 heterocycles. The molecular formula is C9H16O2. The van der Waals surface area contributed by atoms with Crippen LogP contribution in [0.3, 0.4) is 0 Å². The van der Waals surface area contributed by atoms with Crippen LogP contribution in [0.15, 0.2) is 12.7 Å². The second-order valence-corrected chi connectivity index (χ2v) is 3.28. The van der Waals surface area contributed by atoms with Gasteiger partial charge in [-0.05, 0) is 26.2 Å². The molecule has 1 unspecified atom stereocenters. The normalized spacial score (nSPS) is 14.1. The third-order valence-corrected chi connectivity index (χ3v) is 2.20. The van der Waals surface area contributed by atoms with Gasteiger partial charge in [-0.3, -0.25) is 4.79 Å². The first-order valence-electron chi connectivity index (χ1n) is 3.82. The lowest BCUT2D eigenvalue weighted by Gasteiger charge is -2.26. The highest BCUT2D eigenvalue weighted by Crippen LogP contribution is 2.30. The van der Waals surface area contributed by atoms with Crippen molar-refractivity contribution >= 4 is 5.97 Å². The fraction of sp³-hybridized carbons (Fsp3) is 0.667. The maximum absolute atomic E-state index is 10.7. The first-order chi connectivity index (χ1) is 4.96. The second-order valence-electron chi connectivity index (χ2n) is 3.28. The maximum atomic E-state index is 10.7. The molecule has 64 valence electrons. The van der Waals surface area contributed by atoms with Gasteiger partial charge >= 0.3 is 5.97 Å². The second kappa shape index (κ2) is 3.56.